The summed E-state index contributed by atoms with van der Waals surface area (Å²) < 4.78 is 5.08. The van der Waals surface area contributed by atoms with Gasteiger partial charge in [0.25, 0.3) is 5.69 Å². The Morgan fingerprint density at radius 1 is 1.60 bits per heavy atom. The summed E-state index contributed by atoms with van der Waals surface area (Å²) in [4.78, 5) is 20.8. The van der Waals surface area contributed by atoms with Gasteiger partial charge in [0.1, 0.15) is 6.61 Å². The molecule has 0 aliphatic carbocycles. The molecule has 0 heterocycles. The molecule has 15 heavy (non-hydrogen) atoms. The van der Waals surface area contributed by atoms with Crippen LogP contribution in [0.3, 0.4) is 0 Å². The van der Waals surface area contributed by atoms with E-state index in [0.29, 0.717) is 10.0 Å². The number of nitro groups is 1. The van der Waals surface area contributed by atoms with Gasteiger partial charge in [0, 0.05) is 6.92 Å². The van der Waals surface area contributed by atoms with Crippen LogP contribution in [0.5, 0.6) is 0 Å². The number of esters is 1. The van der Waals surface area contributed by atoms with Gasteiger partial charge in [0.2, 0.25) is 0 Å². The number of benzene rings is 1. The van der Waals surface area contributed by atoms with Crippen molar-refractivity contribution < 1.29 is 14.5 Å². The lowest BCUT2D eigenvalue weighted by atomic mass is 10.2. The first-order chi connectivity index (χ1) is 7.02. The van der Waals surface area contributed by atoms with Gasteiger partial charge in [-0.3, -0.25) is 14.9 Å². The molecule has 0 amide bonds. The molecule has 0 aliphatic heterocycles. The fraction of sp³-hybridized carbons (Fsp3) is 0.222. The molecule has 80 valence electrons. The van der Waals surface area contributed by atoms with Crippen LogP contribution in [0.4, 0.5) is 5.69 Å². The van der Waals surface area contributed by atoms with Crippen LogP contribution in [-0.4, -0.2) is 10.9 Å². The molecule has 0 spiro atoms. The molecule has 6 heteroatoms. The number of carbonyl (C=O) groups is 1. The second-order valence-electron chi connectivity index (χ2n) is 2.78. The molecule has 0 unspecified atom stereocenters. The Morgan fingerprint density at radius 2 is 2.27 bits per heavy atom. The van der Waals surface area contributed by atoms with Gasteiger partial charge in [-0.1, -0.05) is 6.07 Å². The minimum Gasteiger partial charge on any atom is -0.461 e. The van der Waals surface area contributed by atoms with Crippen molar-refractivity contribution in [3.8, 4) is 0 Å². The molecule has 0 N–H and O–H groups in total. The van der Waals surface area contributed by atoms with Gasteiger partial charge in [-0.05, 0) is 28.1 Å². The predicted molar refractivity (Wildman–Crippen MR) is 56.3 cm³/mol. The average Bonchev–Trinajstić information content (AvgIpc) is 2.13. The molecule has 1 aromatic carbocycles. The Balaban J connectivity index is 3.01. The van der Waals surface area contributed by atoms with E-state index in [1.54, 1.807) is 18.2 Å². The molecule has 5 nitrogen and oxygen atoms in total. The Bertz CT molecular complexity index is 405. The number of nitrogens with zero attached hydrogens (tertiary/aromatic N) is 1. The van der Waals surface area contributed by atoms with Crippen LogP contribution in [0.15, 0.2) is 22.7 Å². The monoisotopic (exact) mass is 273 g/mol. The molecule has 0 bridgehead atoms. The second-order valence-corrected chi connectivity index (χ2v) is 3.64. The van der Waals surface area contributed by atoms with Crippen LogP contribution in [0.2, 0.25) is 0 Å². The van der Waals surface area contributed by atoms with Crippen molar-refractivity contribution in [2.24, 2.45) is 0 Å². The zero-order valence-electron chi connectivity index (χ0n) is 7.90. The van der Waals surface area contributed by atoms with Crippen LogP contribution in [0.1, 0.15) is 12.5 Å². The minimum absolute atomic E-state index is 0.0706. The summed E-state index contributed by atoms with van der Waals surface area (Å²) in [6, 6.07) is 4.76. The van der Waals surface area contributed by atoms with Gasteiger partial charge in [0.05, 0.1) is 15.0 Å². The molecule has 0 atom stereocenters. The number of carbonyl (C=O) groups excluding carboxylic acids is 1. The number of hydrogen-bond acceptors (Lipinski definition) is 4. The highest BCUT2D eigenvalue weighted by atomic mass is 79.9. The lowest BCUT2D eigenvalue weighted by Gasteiger charge is -2.04. The van der Waals surface area contributed by atoms with Gasteiger partial charge in [-0.25, -0.2) is 0 Å². The summed E-state index contributed by atoms with van der Waals surface area (Å²) in [5.41, 5.74) is 0.295. The quantitative estimate of drug-likeness (QED) is 0.482. The fourth-order valence-electron chi connectivity index (χ4n) is 1.06. The maximum Gasteiger partial charge on any atom is 0.302 e. The third-order valence-electron chi connectivity index (χ3n) is 1.68. The summed E-state index contributed by atoms with van der Waals surface area (Å²) in [6.07, 6.45) is 0. The molecular weight excluding hydrogens is 266 g/mol. The highest BCUT2D eigenvalue weighted by molar-refractivity contribution is 9.10. The van der Waals surface area contributed by atoms with Crippen molar-refractivity contribution in [1.82, 2.24) is 0 Å². The van der Waals surface area contributed by atoms with Gasteiger partial charge >= 0.3 is 5.97 Å². The number of ether oxygens (including phenoxy) is 1. The molecule has 0 saturated carbocycles. The molecule has 0 fully saturated rings. The minimum atomic E-state index is -0.511. The lowest BCUT2D eigenvalue weighted by molar-refractivity contribution is -0.386. The number of para-hydroxylation sites is 1. The van der Waals surface area contributed by atoms with Gasteiger partial charge in [-0.2, -0.15) is 0 Å². The summed E-state index contributed by atoms with van der Waals surface area (Å²) in [5, 5.41) is 10.7. The third-order valence-corrected chi connectivity index (χ3v) is 2.32. The lowest BCUT2D eigenvalue weighted by Crippen LogP contribution is -2.02. The molecule has 0 aromatic heterocycles. The van der Waals surface area contributed by atoms with E-state index in [2.05, 4.69) is 15.9 Å². The van der Waals surface area contributed by atoms with E-state index in [9.17, 15) is 14.9 Å². The molecule has 0 radical (unpaired) electrons. The van der Waals surface area contributed by atoms with E-state index in [1.807, 2.05) is 0 Å². The Hall–Kier alpha value is -1.43. The Labute approximate surface area is 94.3 Å². The summed E-state index contributed by atoms with van der Waals surface area (Å²) in [7, 11) is 0. The third kappa shape index (κ3) is 3.02. The molecule has 0 saturated heterocycles. The van der Waals surface area contributed by atoms with Crippen LogP contribution >= 0.6 is 15.9 Å². The van der Waals surface area contributed by atoms with Gasteiger partial charge in [-0.15, -0.1) is 0 Å². The smallest absolute Gasteiger partial charge is 0.302 e. The normalized spacial score (nSPS) is 9.73. The first kappa shape index (κ1) is 11.6. The van der Waals surface area contributed by atoms with Crippen LogP contribution < -0.4 is 0 Å². The summed E-state index contributed by atoms with van der Waals surface area (Å²) >= 11 is 3.07. The van der Waals surface area contributed by atoms with Gasteiger partial charge in [0.15, 0.2) is 0 Å². The predicted octanol–water partition coefficient (Wildman–Crippen LogP) is 2.42. The van der Waals surface area contributed by atoms with Crippen molar-refractivity contribution in [3.05, 3.63) is 38.3 Å². The van der Waals surface area contributed by atoms with Crippen LogP contribution in [-0.2, 0) is 16.1 Å². The van der Waals surface area contributed by atoms with E-state index >= 15 is 0 Å². The van der Waals surface area contributed by atoms with Crippen LogP contribution in [0, 0.1) is 10.1 Å². The van der Waals surface area contributed by atoms with E-state index in [-0.39, 0.29) is 12.3 Å². The first-order valence-corrected chi connectivity index (χ1v) is 4.87. The van der Waals surface area contributed by atoms with Crippen LogP contribution in [0.25, 0.3) is 0 Å². The Kier molecular flexibility index (Phi) is 3.79. The maximum absolute atomic E-state index is 10.7. The first-order valence-electron chi connectivity index (χ1n) is 4.07. The molecule has 0 aliphatic rings. The number of nitro benzene ring substituents is 1. The molecular formula is C9H8BrNO4. The standard InChI is InChI=1S/C9H8BrNO4/c1-6(12)15-5-7-3-2-4-8(10)9(7)11(13)14/h2-4H,5H2,1H3. The zero-order valence-corrected chi connectivity index (χ0v) is 9.48. The van der Waals surface area contributed by atoms with Crippen molar-refractivity contribution in [2.45, 2.75) is 13.5 Å². The van der Waals surface area contributed by atoms with E-state index in [0.717, 1.165) is 0 Å². The van der Waals surface area contributed by atoms with Crippen molar-refractivity contribution in [2.75, 3.05) is 0 Å². The van der Waals surface area contributed by atoms with Gasteiger partial charge < -0.3 is 4.74 Å². The largest absolute Gasteiger partial charge is 0.461 e. The Morgan fingerprint density at radius 3 is 2.80 bits per heavy atom. The molecule has 1 rings (SSSR count). The highest BCUT2D eigenvalue weighted by Gasteiger charge is 2.18. The number of rotatable bonds is 3. The molecule has 1 aromatic rings. The van der Waals surface area contributed by atoms with E-state index in [1.165, 1.54) is 6.92 Å². The van der Waals surface area contributed by atoms with Crippen molar-refractivity contribution in [3.63, 3.8) is 0 Å². The maximum atomic E-state index is 10.7. The van der Waals surface area contributed by atoms with E-state index in [4.69, 9.17) is 4.74 Å². The topological polar surface area (TPSA) is 69.4 Å². The second kappa shape index (κ2) is 4.88. The summed E-state index contributed by atoms with van der Waals surface area (Å²) in [6.45, 7) is 1.16. The fourth-order valence-corrected chi connectivity index (χ4v) is 1.61. The average molecular weight is 274 g/mol. The number of hydrogen-bond donors (Lipinski definition) is 0. The highest BCUT2D eigenvalue weighted by Crippen LogP contribution is 2.28. The summed E-state index contributed by atoms with van der Waals surface area (Å²) in [5.74, 6) is -0.468. The number of halogens is 1. The SMILES string of the molecule is CC(=O)OCc1cccc(Br)c1[N+](=O)[O-]. The zero-order chi connectivity index (χ0) is 11.4. The van der Waals surface area contributed by atoms with Crippen molar-refractivity contribution in [1.29, 1.82) is 0 Å². The van der Waals surface area contributed by atoms with Crippen molar-refractivity contribution >= 4 is 27.6 Å². The van der Waals surface area contributed by atoms with E-state index < -0.39 is 10.9 Å².